The number of hydrogen-bond acceptors (Lipinski definition) is 8. The topological polar surface area (TPSA) is 78.7 Å². The van der Waals surface area contributed by atoms with E-state index in [0.29, 0.717) is 33.3 Å². The fraction of sp³-hybridized carbons (Fsp3) is 0.158. The van der Waals surface area contributed by atoms with Gasteiger partial charge in [-0.1, -0.05) is 0 Å². The number of phenolic OH excluding ortho intramolecular Hbond substituents is 1. The average Bonchev–Trinajstić information content (AvgIpc) is 2.84. The summed E-state index contributed by atoms with van der Waals surface area (Å²) in [6.07, 6.45) is 2.63. The molecule has 2 aliphatic rings. The van der Waals surface area contributed by atoms with Gasteiger partial charge >= 0.3 is 0 Å². The highest BCUT2D eigenvalue weighted by Gasteiger charge is 2.29. The number of methoxy groups -OCH3 is 1. The van der Waals surface area contributed by atoms with Crippen molar-refractivity contribution >= 4 is 30.9 Å². The molecule has 2 heterocycles. The van der Waals surface area contributed by atoms with E-state index in [1.54, 1.807) is 42.7 Å². The zero-order valence-corrected chi connectivity index (χ0v) is 15.9. The first-order valence-electron chi connectivity index (χ1n) is 8.34. The number of ether oxygens (including phenoxy) is 2. The lowest BCUT2D eigenvalue weighted by atomic mass is 10.2. The second-order valence-corrected chi connectivity index (χ2v) is 6.75. The minimum atomic E-state index is -0.520. The van der Waals surface area contributed by atoms with Crippen LogP contribution in [0.3, 0.4) is 0 Å². The molecule has 2 N–H and O–H groups in total. The van der Waals surface area contributed by atoms with Crippen LogP contribution in [0, 0.1) is 5.82 Å². The molecule has 0 saturated heterocycles. The van der Waals surface area contributed by atoms with E-state index >= 15 is 0 Å². The Bertz CT molecular complexity index is 1040. The number of halogens is 1. The number of nitrogens with zero attached hydrogens (tertiary/aromatic N) is 3. The van der Waals surface area contributed by atoms with Crippen molar-refractivity contribution in [2.24, 2.45) is 9.98 Å². The quantitative estimate of drug-likeness (QED) is 0.690. The molecule has 1 unspecified atom stereocenters. The summed E-state index contributed by atoms with van der Waals surface area (Å²) in [4.78, 5) is 11.1. The molecule has 0 aliphatic carbocycles. The number of rotatable bonds is 3. The molecule has 0 amide bonds. The zero-order chi connectivity index (χ0) is 19.8. The van der Waals surface area contributed by atoms with Gasteiger partial charge < -0.3 is 24.8 Å². The number of fused-ring (bicyclic) bond motifs is 1. The minimum absolute atomic E-state index is 0.0563. The zero-order valence-electron chi connectivity index (χ0n) is 15.0. The Morgan fingerprint density at radius 1 is 1.29 bits per heavy atom. The Hall–Kier alpha value is -3.20. The van der Waals surface area contributed by atoms with Crippen LogP contribution in [0.2, 0.25) is 0 Å². The lowest BCUT2D eigenvalue weighted by Crippen LogP contribution is -2.41. The first kappa shape index (κ1) is 18.2. The van der Waals surface area contributed by atoms with Crippen molar-refractivity contribution in [1.29, 1.82) is 0 Å². The standard InChI is InChI=1S/C19H17FN4O3S/c1-24-9-22-19-17(18(24)23-13-4-3-11(28)6-12(13)20)21-8-10-5-16(26-2)14(25)7-15(10)27-19/h3-9,18,23,25,28H,1-2H3. The maximum Gasteiger partial charge on any atom is 0.246 e. The predicted octanol–water partition coefficient (Wildman–Crippen LogP) is 3.22. The molecule has 0 aromatic heterocycles. The molecule has 0 saturated carbocycles. The number of hydrogen-bond donors (Lipinski definition) is 3. The smallest absolute Gasteiger partial charge is 0.246 e. The highest BCUT2D eigenvalue weighted by atomic mass is 32.1. The van der Waals surface area contributed by atoms with Gasteiger partial charge in [0, 0.05) is 29.8 Å². The number of thiol groups is 1. The van der Waals surface area contributed by atoms with E-state index in [9.17, 15) is 9.50 Å². The third-order valence-corrected chi connectivity index (χ3v) is 4.63. The third kappa shape index (κ3) is 3.24. The molecule has 0 spiro atoms. The van der Waals surface area contributed by atoms with Crippen molar-refractivity contribution in [3.63, 3.8) is 0 Å². The molecule has 1 atom stereocenters. The number of aromatic hydroxyl groups is 1. The summed E-state index contributed by atoms with van der Waals surface area (Å²) in [5.41, 5.74) is 1.38. The van der Waals surface area contributed by atoms with E-state index in [1.165, 1.54) is 19.2 Å². The van der Waals surface area contributed by atoms with E-state index in [0.717, 1.165) is 0 Å². The van der Waals surface area contributed by atoms with E-state index in [-0.39, 0.29) is 11.6 Å². The molecule has 2 aromatic rings. The first-order chi connectivity index (χ1) is 13.5. The minimum Gasteiger partial charge on any atom is -0.504 e. The molecule has 7 nitrogen and oxygen atoms in total. The molecular weight excluding hydrogens is 383 g/mol. The van der Waals surface area contributed by atoms with Crippen molar-refractivity contribution in [3.05, 3.63) is 53.3 Å². The number of nitrogens with one attached hydrogen (secondary N) is 1. The van der Waals surface area contributed by atoms with Gasteiger partial charge in [-0.25, -0.2) is 9.38 Å². The van der Waals surface area contributed by atoms with Crippen LogP contribution in [0.15, 0.2) is 56.8 Å². The van der Waals surface area contributed by atoms with Gasteiger partial charge in [-0.15, -0.1) is 12.6 Å². The Morgan fingerprint density at radius 3 is 2.86 bits per heavy atom. The second-order valence-electron chi connectivity index (χ2n) is 6.23. The molecule has 4 rings (SSSR count). The fourth-order valence-corrected chi connectivity index (χ4v) is 3.08. The van der Waals surface area contributed by atoms with Gasteiger partial charge in [-0.3, -0.25) is 4.99 Å². The Balaban J connectivity index is 1.71. The summed E-state index contributed by atoms with van der Waals surface area (Å²) in [7, 11) is 3.25. The molecular formula is C19H17FN4O3S. The van der Waals surface area contributed by atoms with E-state index < -0.39 is 12.0 Å². The molecule has 0 radical (unpaired) electrons. The van der Waals surface area contributed by atoms with Crippen LogP contribution < -0.4 is 14.8 Å². The highest BCUT2D eigenvalue weighted by Crippen LogP contribution is 2.37. The largest absolute Gasteiger partial charge is 0.504 e. The molecule has 9 heteroatoms. The van der Waals surface area contributed by atoms with Crippen LogP contribution in [0.25, 0.3) is 0 Å². The summed E-state index contributed by atoms with van der Waals surface area (Å²) in [5, 5.41) is 13.1. The summed E-state index contributed by atoms with van der Waals surface area (Å²) in [6.45, 7) is 0. The normalized spacial score (nSPS) is 17.6. The van der Waals surface area contributed by atoms with Crippen LogP contribution in [0.1, 0.15) is 5.56 Å². The molecule has 2 aliphatic heterocycles. The van der Waals surface area contributed by atoms with E-state index in [1.807, 2.05) is 0 Å². The Morgan fingerprint density at radius 2 is 2.11 bits per heavy atom. The third-order valence-electron chi connectivity index (χ3n) is 4.35. The van der Waals surface area contributed by atoms with Gasteiger partial charge in [0.05, 0.1) is 19.1 Å². The van der Waals surface area contributed by atoms with Crippen LogP contribution in [-0.2, 0) is 0 Å². The predicted molar refractivity (Wildman–Crippen MR) is 107 cm³/mol. The van der Waals surface area contributed by atoms with Gasteiger partial charge in [-0.05, 0) is 24.3 Å². The van der Waals surface area contributed by atoms with Gasteiger partial charge in [0.25, 0.3) is 0 Å². The van der Waals surface area contributed by atoms with Gasteiger partial charge in [-0.2, -0.15) is 0 Å². The van der Waals surface area contributed by atoms with E-state index in [2.05, 4.69) is 27.9 Å². The van der Waals surface area contributed by atoms with Gasteiger partial charge in [0.15, 0.2) is 11.5 Å². The number of aliphatic imine (C=N–C) groups is 2. The van der Waals surface area contributed by atoms with E-state index in [4.69, 9.17) is 9.47 Å². The monoisotopic (exact) mass is 400 g/mol. The average molecular weight is 400 g/mol. The SMILES string of the molecule is COc1cc2c(cc1O)OC1=C(N=C2)C(Nc2ccc(S)cc2F)N(C)C=N1. The van der Waals surface area contributed by atoms with Crippen molar-refractivity contribution in [2.45, 2.75) is 11.1 Å². The lowest BCUT2D eigenvalue weighted by molar-refractivity contribution is 0.355. The van der Waals surface area contributed by atoms with Gasteiger partial charge in [0.2, 0.25) is 5.88 Å². The number of benzene rings is 2. The molecule has 28 heavy (non-hydrogen) atoms. The summed E-state index contributed by atoms with van der Waals surface area (Å²) in [5.74, 6) is 0.457. The first-order valence-corrected chi connectivity index (χ1v) is 8.79. The summed E-state index contributed by atoms with van der Waals surface area (Å²) < 4.78 is 25.3. The summed E-state index contributed by atoms with van der Waals surface area (Å²) in [6, 6.07) is 7.69. The van der Waals surface area contributed by atoms with Crippen LogP contribution in [0.5, 0.6) is 17.2 Å². The van der Waals surface area contributed by atoms with Crippen molar-refractivity contribution in [1.82, 2.24) is 4.90 Å². The summed E-state index contributed by atoms with van der Waals surface area (Å²) >= 11 is 4.14. The van der Waals surface area contributed by atoms with Crippen molar-refractivity contribution < 1.29 is 19.0 Å². The second kappa shape index (κ2) is 7.08. The number of likely N-dealkylation sites (N-methyl/N-ethyl adjacent to an activating group) is 1. The van der Waals surface area contributed by atoms with Crippen LogP contribution in [0.4, 0.5) is 10.1 Å². The van der Waals surface area contributed by atoms with Crippen molar-refractivity contribution in [2.75, 3.05) is 19.5 Å². The van der Waals surface area contributed by atoms with Gasteiger partial charge in [0.1, 0.15) is 23.4 Å². The fourth-order valence-electron chi connectivity index (χ4n) is 2.89. The van der Waals surface area contributed by atoms with Crippen LogP contribution in [-0.4, -0.2) is 42.9 Å². The molecule has 0 fully saturated rings. The maximum atomic E-state index is 14.3. The lowest BCUT2D eigenvalue weighted by Gasteiger charge is -2.31. The molecule has 0 bridgehead atoms. The Labute approximate surface area is 166 Å². The number of anilines is 1. The molecule has 144 valence electrons. The highest BCUT2D eigenvalue weighted by molar-refractivity contribution is 7.80. The number of phenols is 1. The maximum absolute atomic E-state index is 14.3. The molecule has 2 aromatic carbocycles. The van der Waals surface area contributed by atoms with Crippen LogP contribution >= 0.6 is 12.6 Å². The van der Waals surface area contributed by atoms with Crippen molar-refractivity contribution in [3.8, 4) is 17.2 Å². The Kier molecular flexibility index (Phi) is 4.60.